The van der Waals surface area contributed by atoms with E-state index in [-0.39, 0.29) is 12.0 Å². The van der Waals surface area contributed by atoms with Gasteiger partial charge < -0.3 is 5.73 Å². The van der Waals surface area contributed by atoms with Gasteiger partial charge >= 0.3 is 0 Å². The van der Waals surface area contributed by atoms with Gasteiger partial charge in [-0.1, -0.05) is 12.1 Å². The van der Waals surface area contributed by atoms with Crippen molar-refractivity contribution in [3.05, 3.63) is 65.2 Å². The van der Waals surface area contributed by atoms with Crippen molar-refractivity contribution in [2.75, 3.05) is 5.73 Å². The topological polar surface area (TPSA) is 43.1 Å². The highest BCUT2D eigenvalue weighted by Crippen LogP contribution is 2.14. The molecule has 0 aliphatic rings. The summed E-state index contributed by atoms with van der Waals surface area (Å²) in [6, 6.07) is 9.58. The Balaban J connectivity index is 2.24. The highest BCUT2D eigenvalue weighted by molar-refractivity contribution is 5.97. The summed E-state index contributed by atoms with van der Waals surface area (Å²) < 4.78 is 26.4. The van der Waals surface area contributed by atoms with Crippen molar-refractivity contribution in [2.24, 2.45) is 0 Å². The Morgan fingerprint density at radius 2 is 1.89 bits per heavy atom. The molecule has 18 heavy (non-hydrogen) atoms. The first kappa shape index (κ1) is 12.2. The minimum atomic E-state index is -0.717. The van der Waals surface area contributed by atoms with Crippen LogP contribution in [0.3, 0.4) is 0 Å². The number of benzene rings is 2. The van der Waals surface area contributed by atoms with Gasteiger partial charge in [0.15, 0.2) is 5.78 Å². The highest BCUT2D eigenvalue weighted by Gasteiger charge is 2.13. The zero-order chi connectivity index (χ0) is 13.1. The normalized spacial score (nSPS) is 10.3. The Labute approximate surface area is 103 Å². The zero-order valence-electron chi connectivity index (χ0n) is 9.49. The Kier molecular flexibility index (Phi) is 3.37. The van der Waals surface area contributed by atoms with E-state index in [4.69, 9.17) is 5.73 Å². The molecule has 2 aromatic carbocycles. The van der Waals surface area contributed by atoms with Crippen LogP contribution in [0.1, 0.15) is 15.9 Å². The molecule has 0 aliphatic heterocycles. The Morgan fingerprint density at radius 1 is 1.11 bits per heavy atom. The van der Waals surface area contributed by atoms with E-state index in [0.29, 0.717) is 11.3 Å². The van der Waals surface area contributed by atoms with Crippen molar-refractivity contribution in [1.82, 2.24) is 0 Å². The van der Waals surface area contributed by atoms with Gasteiger partial charge in [-0.2, -0.15) is 0 Å². The molecule has 92 valence electrons. The van der Waals surface area contributed by atoms with Crippen LogP contribution in [0.4, 0.5) is 14.5 Å². The number of hydrogen-bond acceptors (Lipinski definition) is 2. The van der Waals surface area contributed by atoms with Crippen LogP contribution in [0, 0.1) is 11.6 Å². The van der Waals surface area contributed by atoms with Gasteiger partial charge in [-0.05, 0) is 35.9 Å². The lowest BCUT2D eigenvalue weighted by Gasteiger charge is -2.04. The van der Waals surface area contributed by atoms with E-state index in [9.17, 15) is 13.6 Å². The lowest BCUT2D eigenvalue weighted by Crippen LogP contribution is -2.07. The van der Waals surface area contributed by atoms with Crippen LogP contribution in [-0.2, 0) is 6.42 Å². The lowest BCUT2D eigenvalue weighted by molar-refractivity contribution is 0.0988. The maximum Gasteiger partial charge on any atom is 0.170 e. The largest absolute Gasteiger partial charge is 0.399 e. The van der Waals surface area contributed by atoms with Crippen LogP contribution in [0.25, 0.3) is 0 Å². The average Bonchev–Trinajstić information content (AvgIpc) is 2.32. The first-order chi connectivity index (χ1) is 8.56. The second kappa shape index (κ2) is 4.96. The maximum absolute atomic E-state index is 13.4. The van der Waals surface area contributed by atoms with Crippen molar-refractivity contribution in [3.63, 3.8) is 0 Å². The lowest BCUT2D eigenvalue weighted by atomic mass is 10.0. The molecule has 0 heterocycles. The second-order valence-corrected chi connectivity index (χ2v) is 3.97. The molecule has 0 atom stereocenters. The molecule has 0 bridgehead atoms. The molecule has 2 rings (SSSR count). The molecule has 0 radical (unpaired) electrons. The quantitative estimate of drug-likeness (QED) is 0.669. The fourth-order valence-electron chi connectivity index (χ4n) is 1.69. The molecule has 2 N–H and O–H groups in total. The molecule has 0 amide bonds. The SMILES string of the molecule is Nc1cccc(CC(=O)c2cc(F)ccc2F)c1. The summed E-state index contributed by atoms with van der Waals surface area (Å²) in [6.45, 7) is 0. The van der Waals surface area contributed by atoms with Gasteiger partial charge in [0.25, 0.3) is 0 Å². The van der Waals surface area contributed by atoms with Crippen molar-refractivity contribution in [3.8, 4) is 0 Å². The molecule has 0 aromatic heterocycles. The van der Waals surface area contributed by atoms with Gasteiger partial charge in [-0.25, -0.2) is 8.78 Å². The zero-order valence-corrected chi connectivity index (χ0v) is 9.49. The van der Waals surface area contributed by atoms with Crippen LogP contribution in [0.2, 0.25) is 0 Å². The predicted molar refractivity (Wildman–Crippen MR) is 65.2 cm³/mol. The number of rotatable bonds is 3. The van der Waals surface area contributed by atoms with Crippen LogP contribution in [-0.4, -0.2) is 5.78 Å². The number of carbonyl (C=O) groups is 1. The van der Waals surface area contributed by atoms with Crippen LogP contribution in [0.5, 0.6) is 0 Å². The molecule has 2 aromatic rings. The summed E-state index contributed by atoms with van der Waals surface area (Å²) in [5, 5.41) is 0. The Morgan fingerprint density at radius 3 is 2.61 bits per heavy atom. The molecular formula is C14H11F2NO. The average molecular weight is 247 g/mol. The molecule has 0 unspecified atom stereocenters. The fraction of sp³-hybridized carbons (Fsp3) is 0.0714. The third kappa shape index (κ3) is 2.71. The molecule has 0 saturated carbocycles. The first-order valence-electron chi connectivity index (χ1n) is 5.39. The van der Waals surface area contributed by atoms with E-state index in [1.807, 2.05) is 0 Å². The number of nitrogens with two attached hydrogens (primary N) is 1. The predicted octanol–water partition coefficient (Wildman–Crippen LogP) is 2.97. The monoisotopic (exact) mass is 247 g/mol. The smallest absolute Gasteiger partial charge is 0.170 e. The molecular weight excluding hydrogens is 236 g/mol. The number of hydrogen-bond donors (Lipinski definition) is 1. The number of halogens is 2. The number of nitrogen functional groups attached to an aromatic ring is 1. The summed E-state index contributed by atoms with van der Waals surface area (Å²) in [5.41, 5.74) is 6.54. The van der Waals surface area contributed by atoms with E-state index in [1.54, 1.807) is 24.3 Å². The minimum absolute atomic E-state index is 0.00852. The van der Waals surface area contributed by atoms with Crippen molar-refractivity contribution < 1.29 is 13.6 Å². The van der Waals surface area contributed by atoms with Gasteiger partial charge in [-0.15, -0.1) is 0 Å². The minimum Gasteiger partial charge on any atom is -0.399 e. The standard InChI is InChI=1S/C14H11F2NO/c15-10-4-5-13(16)12(8-10)14(18)7-9-2-1-3-11(17)6-9/h1-6,8H,7,17H2. The summed E-state index contributed by atoms with van der Waals surface area (Å²) in [5.74, 6) is -1.82. The van der Waals surface area contributed by atoms with Crippen LogP contribution >= 0.6 is 0 Å². The molecule has 0 saturated heterocycles. The van der Waals surface area contributed by atoms with Gasteiger partial charge in [0.05, 0.1) is 5.56 Å². The maximum atomic E-state index is 13.4. The fourth-order valence-corrected chi connectivity index (χ4v) is 1.69. The highest BCUT2D eigenvalue weighted by atomic mass is 19.1. The van der Waals surface area contributed by atoms with Crippen LogP contribution in [0.15, 0.2) is 42.5 Å². The second-order valence-electron chi connectivity index (χ2n) is 3.97. The van der Waals surface area contributed by atoms with Gasteiger partial charge in [0.1, 0.15) is 11.6 Å². The van der Waals surface area contributed by atoms with Crippen molar-refractivity contribution >= 4 is 11.5 Å². The van der Waals surface area contributed by atoms with E-state index >= 15 is 0 Å². The molecule has 0 aliphatic carbocycles. The Hall–Kier alpha value is -2.23. The molecule has 4 heteroatoms. The number of Topliss-reactive ketones (excluding diaryl/α,β-unsaturated/α-hetero) is 1. The van der Waals surface area contributed by atoms with E-state index in [1.165, 1.54) is 0 Å². The van der Waals surface area contributed by atoms with Gasteiger partial charge in [0, 0.05) is 12.1 Å². The van der Waals surface area contributed by atoms with Crippen LogP contribution < -0.4 is 5.73 Å². The third-order valence-corrected chi connectivity index (χ3v) is 2.54. The van der Waals surface area contributed by atoms with E-state index in [0.717, 1.165) is 18.2 Å². The number of carbonyl (C=O) groups excluding carboxylic acids is 1. The molecule has 0 fully saturated rings. The summed E-state index contributed by atoms with van der Waals surface area (Å²) in [6.07, 6.45) is -0.00852. The van der Waals surface area contributed by atoms with E-state index < -0.39 is 17.4 Å². The Bertz CT molecular complexity index is 596. The number of anilines is 1. The van der Waals surface area contributed by atoms with Crippen molar-refractivity contribution in [2.45, 2.75) is 6.42 Å². The first-order valence-corrected chi connectivity index (χ1v) is 5.39. The van der Waals surface area contributed by atoms with E-state index in [2.05, 4.69) is 0 Å². The van der Waals surface area contributed by atoms with Gasteiger partial charge in [0.2, 0.25) is 0 Å². The van der Waals surface area contributed by atoms with Crippen molar-refractivity contribution in [1.29, 1.82) is 0 Å². The molecule has 0 spiro atoms. The third-order valence-electron chi connectivity index (χ3n) is 2.54. The van der Waals surface area contributed by atoms with Gasteiger partial charge in [-0.3, -0.25) is 4.79 Å². The summed E-state index contributed by atoms with van der Waals surface area (Å²) in [4.78, 5) is 11.9. The summed E-state index contributed by atoms with van der Waals surface area (Å²) in [7, 11) is 0. The summed E-state index contributed by atoms with van der Waals surface area (Å²) >= 11 is 0. The number of ketones is 1. The molecule has 2 nitrogen and oxygen atoms in total.